The van der Waals surface area contributed by atoms with Gasteiger partial charge >= 0.3 is 0 Å². The normalized spacial score (nSPS) is 10.6. The second kappa shape index (κ2) is 6.91. The smallest absolute Gasteiger partial charge is 0.195 e. The first kappa shape index (κ1) is 15.6. The minimum absolute atomic E-state index is 0.980. The number of anilines is 3. The van der Waals surface area contributed by atoms with E-state index in [1.165, 1.54) is 4.88 Å². The fourth-order valence-electron chi connectivity index (χ4n) is 2.87. The third-order valence-electron chi connectivity index (χ3n) is 4.05. The number of benzene rings is 3. The van der Waals surface area contributed by atoms with Gasteiger partial charge in [-0.25, -0.2) is 4.98 Å². The van der Waals surface area contributed by atoms with E-state index in [-0.39, 0.29) is 0 Å². The van der Waals surface area contributed by atoms with Crippen molar-refractivity contribution in [2.75, 3.05) is 4.90 Å². The van der Waals surface area contributed by atoms with Gasteiger partial charge in [-0.1, -0.05) is 66.7 Å². The summed E-state index contributed by atoms with van der Waals surface area (Å²) in [5.41, 5.74) is 4.44. The number of hydrogen-bond acceptors (Lipinski definition) is 3. The van der Waals surface area contributed by atoms with Gasteiger partial charge in [-0.2, -0.15) is 0 Å². The van der Waals surface area contributed by atoms with Crippen LogP contribution in [0.3, 0.4) is 0 Å². The van der Waals surface area contributed by atoms with Crippen LogP contribution in [-0.2, 0) is 0 Å². The molecule has 0 saturated carbocycles. The topological polar surface area (TPSA) is 16.1 Å². The van der Waals surface area contributed by atoms with Crippen LogP contribution >= 0.6 is 11.3 Å². The summed E-state index contributed by atoms with van der Waals surface area (Å²) in [6.07, 6.45) is 0. The van der Waals surface area contributed by atoms with Crippen molar-refractivity contribution < 1.29 is 0 Å². The van der Waals surface area contributed by atoms with Gasteiger partial charge in [-0.3, -0.25) is 4.90 Å². The van der Waals surface area contributed by atoms with Crippen LogP contribution in [0.5, 0.6) is 0 Å². The second-order valence-corrected chi connectivity index (χ2v) is 6.96. The van der Waals surface area contributed by atoms with E-state index in [1.807, 2.05) is 18.2 Å². The third kappa shape index (κ3) is 3.19. The molecule has 0 aliphatic heterocycles. The summed E-state index contributed by atoms with van der Waals surface area (Å²) in [4.78, 5) is 8.41. The first-order valence-corrected chi connectivity index (χ1v) is 9.07. The Morgan fingerprint density at radius 3 is 1.68 bits per heavy atom. The van der Waals surface area contributed by atoms with E-state index < -0.39 is 0 Å². The van der Waals surface area contributed by atoms with Crippen LogP contribution in [0.15, 0.2) is 91.0 Å². The van der Waals surface area contributed by atoms with Crippen LogP contribution in [0, 0.1) is 6.92 Å². The van der Waals surface area contributed by atoms with Crippen LogP contribution in [0.25, 0.3) is 11.3 Å². The standard InChI is InChI=1S/C22H18N2S/c1-17-21(18-11-5-2-6-12-18)23-22(25-17)24(19-13-7-3-8-14-19)20-15-9-4-10-16-20/h2-16H,1H3. The van der Waals surface area contributed by atoms with Gasteiger partial charge in [0.15, 0.2) is 5.13 Å². The quantitative estimate of drug-likeness (QED) is 0.416. The Hall–Kier alpha value is -2.91. The number of hydrogen-bond donors (Lipinski definition) is 0. The summed E-state index contributed by atoms with van der Waals surface area (Å²) < 4.78 is 0. The van der Waals surface area contributed by atoms with Crippen LogP contribution in [0.2, 0.25) is 0 Å². The van der Waals surface area contributed by atoms with Gasteiger partial charge in [0.1, 0.15) is 0 Å². The van der Waals surface area contributed by atoms with Crippen LogP contribution in [0.4, 0.5) is 16.5 Å². The molecule has 3 aromatic carbocycles. The fraction of sp³-hybridized carbons (Fsp3) is 0.0455. The molecule has 1 aromatic heterocycles. The molecule has 122 valence electrons. The lowest BCUT2D eigenvalue weighted by Gasteiger charge is -2.22. The number of para-hydroxylation sites is 2. The minimum atomic E-state index is 0.980. The number of aromatic nitrogens is 1. The van der Waals surface area contributed by atoms with Crippen molar-refractivity contribution in [3.63, 3.8) is 0 Å². The predicted molar refractivity (Wildman–Crippen MR) is 107 cm³/mol. The minimum Gasteiger partial charge on any atom is -0.286 e. The number of aryl methyl sites for hydroxylation is 1. The van der Waals surface area contributed by atoms with Crippen molar-refractivity contribution in [3.05, 3.63) is 95.9 Å². The molecule has 0 radical (unpaired) electrons. The Kier molecular flexibility index (Phi) is 4.32. The number of rotatable bonds is 4. The Morgan fingerprint density at radius 2 is 1.16 bits per heavy atom. The van der Waals surface area contributed by atoms with Gasteiger partial charge < -0.3 is 0 Å². The molecule has 0 saturated heterocycles. The molecule has 4 rings (SSSR count). The highest BCUT2D eigenvalue weighted by molar-refractivity contribution is 7.16. The molecule has 0 amide bonds. The van der Waals surface area contributed by atoms with Gasteiger partial charge in [-0.05, 0) is 31.2 Å². The molecule has 0 unspecified atom stereocenters. The summed E-state index contributed by atoms with van der Waals surface area (Å²) in [7, 11) is 0. The molecule has 0 aliphatic carbocycles. The zero-order valence-corrected chi connectivity index (χ0v) is 14.8. The SMILES string of the molecule is Cc1sc(N(c2ccccc2)c2ccccc2)nc1-c1ccccc1. The molecule has 0 aliphatic rings. The van der Waals surface area contributed by atoms with E-state index in [1.54, 1.807) is 11.3 Å². The fourth-order valence-corrected chi connectivity index (χ4v) is 3.84. The van der Waals surface area contributed by atoms with Gasteiger partial charge in [0.2, 0.25) is 0 Å². The van der Waals surface area contributed by atoms with E-state index in [4.69, 9.17) is 4.98 Å². The van der Waals surface area contributed by atoms with Crippen molar-refractivity contribution in [1.82, 2.24) is 4.98 Å². The Labute approximate surface area is 152 Å². The van der Waals surface area contributed by atoms with E-state index >= 15 is 0 Å². The van der Waals surface area contributed by atoms with Crippen LogP contribution in [-0.4, -0.2) is 4.98 Å². The highest BCUT2D eigenvalue weighted by atomic mass is 32.1. The third-order valence-corrected chi connectivity index (χ3v) is 5.01. The van der Waals surface area contributed by atoms with Crippen molar-refractivity contribution in [3.8, 4) is 11.3 Å². The molecule has 1 heterocycles. The molecule has 25 heavy (non-hydrogen) atoms. The molecule has 3 heteroatoms. The summed E-state index contributed by atoms with van der Waals surface area (Å²) in [6, 6.07) is 31.1. The zero-order valence-electron chi connectivity index (χ0n) is 14.0. The van der Waals surface area contributed by atoms with Gasteiger partial charge in [0.25, 0.3) is 0 Å². The molecule has 0 spiro atoms. The van der Waals surface area contributed by atoms with Crippen molar-refractivity contribution >= 4 is 27.8 Å². The molecular formula is C22H18N2S. The first-order chi connectivity index (χ1) is 12.3. The van der Waals surface area contributed by atoms with Crippen molar-refractivity contribution in [2.24, 2.45) is 0 Å². The van der Waals surface area contributed by atoms with Crippen molar-refractivity contribution in [1.29, 1.82) is 0 Å². The average Bonchev–Trinajstić information content (AvgIpc) is 3.06. The zero-order chi connectivity index (χ0) is 17.1. The highest BCUT2D eigenvalue weighted by Crippen LogP contribution is 2.40. The second-order valence-electron chi connectivity index (χ2n) is 5.77. The summed E-state index contributed by atoms with van der Waals surface area (Å²) in [5.74, 6) is 0. The lowest BCUT2D eigenvalue weighted by Crippen LogP contribution is -2.09. The largest absolute Gasteiger partial charge is 0.286 e. The van der Waals surface area contributed by atoms with E-state index in [0.29, 0.717) is 0 Å². The predicted octanol–water partition coefficient (Wildman–Crippen LogP) is 6.59. The molecule has 0 atom stereocenters. The molecule has 0 fully saturated rings. The van der Waals surface area contributed by atoms with Gasteiger partial charge in [0.05, 0.1) is 5.69 Å². The van der Waals surface area contributed by atoms with E-state index in [9.17, 15) is 0 Å². The van der Waals surface area contributed by atoms with Gasteiger partial charge in [0, 0.05) is 21.8 Å². The maximum atomic E-state index is 4.98. The maximum absolute atomic E-state index is 4.98. The molecule has 0 N–H and O–H groups in total. The molecule has 2 nitrogen and oxygen atoms in total. The average molecular weight is 342 g/mol. The number of thiazole rings is 1. The number of nitrogens with zero attached hydrogens (tertiary/aromatic N) is 2. The van der Waals surface area contributed by atoms with E-state index in [0.717, 1.165) is 27.8 Å². The van der Waals surface area contributed by atoms with Crippen molar-refractivity contribution in [2.45, 2.75) is 6.92 Å². The molecular weight excluding hydrogens is 324 g/mol. The van der Waals surface area contributed by atoms with Crippen LogP contribution < -0.4 is 4.90 Å². The lowest BCUT2D eigenvalue weighted by atomic mass is 10.1. The Balaban J connectivity index is 1.84. The molecule has 0 bridgehead atoms. The first-order valence-electron chi connectivity index (χ1n) is 8.26. The maximum Gasteiger partial charge on any atom is 0.195 e. The highest BCUT2D eigenvalue weighted by Gasteiger charge is 2.18. The molecule has 4 aromatic rings. The van der Waals surface area contributed by atoms with Gasteiger partial charge in [-0.15, -0.1) is 11.3 Å². The summed E-state index contributed by atoms with van der Waals surface area (Å²) in [6.45, 7) is 2.14. The van der Waals surface area contributed by atoms with E-state index in [2.05, 4.69) is 84.6 Å². The Morgan fingerprint density at radius 1 is 0.680 bits per heavy atom. The lowest BCUT2D eigenvalue weighted by molar-refractivity contribution is 1.23. The summed E-state index contributed by atoms with van der Waals surface area (Å²) in [5, 5.41) is 0.980. The Bertz CT molecular complexity index is 908. The summed E-state index contributed by atoms with van der Waals surface area (Å²) >= 11 is 1.72. The van der Waals surface area contributed by atoms with Crippen LogP contribution in [0.1, 0.15) is 4.88 Å². The monoisotopic (exact) mass is 342 g/mol.